The minimum absolute atomic E-state index is 0.0965. The number of piperazine rings is 1. The van der Waals surface area contributed by atoms with E-state index in [9.17, 15) is 14.7 Å². The van der Waals surface area contributed by atoms with E-state index in [1.54, 1.807) is 11.8 Å². The van der Waals surface area contributed by atoms with Crippen LogP contribution in [-0.4, -0.2) is 121 Å². The lowest BCUT2D eigenvalue weighted by atomic mass is 10.0. The van der Waals surface area contributed by atoms with Gasteiger partial charge in [-0.2, -0.15) is 0 Å². The fraction of sp³-hybridized carbons (Fsp3) is 0.882. The maximum absolute atomic E-state index is 12.5. The molecule has 0 aliphatic carbocycles. The summed E-state index contributed by atoms with van der Waals surface area (Å²) in [6.45, 7) is 9.55. The van der Waals surface area contributed by atoms with E-state index in [1.807, 2.05) is 4.90 Å². The third kappa shape index (κ3) is 4.91. The smallest absolute Gasteiger partial charge is 0.236 e. The molecule has 1 atom stereocenters. The minimum Gasteiger partial charge on any atom is -0.387 e. The predicted octanol–water partition coefficient (Wildman–Crippen LogP) is -1.55. The summed E-state index contributed by atoms with van der Waals surface area (Å²) in [5, 5.41) is 10.9. The van der Waals surface area contributed by atoms with Crippen LogP contribution in [0.15, 0.2) is 0 Å². The average molecular weight is 354 g/mol. The molecule has 0 spiro atoms. The van der Waals surface area contributed by atoms with Gasteiger partial charge in [-0.3, -0.25) is 19.4 Å². The highest BCUT2D eigenvalue weighted by atomic mass is 16.5. The molecule has 3 aliphatic heterocycles. The minimum atomic E-state index is -0.834. The van der Waals surface area contributed by atoms with Crippen LogP contribution in [0.2, 0.25) is 0 Å². The number of hydrogen-bond acceptors (Lipinski definition) is 6. The Morgan fingerprint density at radius 2 is 1.64 bits per heavy atom. The summed E-state index contributed by atoms with van der Waals surface area (Å²) in [5.41, 5.74) is -0.834. The van der Waals surface area contributed by atoms with Crippen molar-refractivity contribution in [1.29, 1.82) is 0 Å². The summed E-state index contributed by atoms with van der Waals surface area (Å²) in [6, 6.07) is 0. The van der Waals surface area contributed by atoms with Crippen molar-refractivity contribution in [2.75, 3.05) is 78.7 Å². The number of carbonyl (C=O) groups excluding carboxylic acids is 2. The van der Waals surface area contributed by atoms with Gasteiger partial charge in [0.25, 0.3) is 0 Å². The highest BCUT2D eigenvalue weighted by Gasteiger charge is 2.40. The molecule has 0 radical (unpaired) electrons. The molecule has 0 aromatic carbocycles. The third-order valence-electron chi connectivity index (χ3n) is 5.48. The molecule has 1 N–H and O–H groups in total. The number of morpholine rings is 1. The number of carbonyl (C=O) groups is 2. The molecule has 2 amide bonds. The van der Waals surface area contributed by atoms with E-state index < -0.39 is 5.60 Å². The first-order chi connectivity index (χ1) is 12.0. The van der Waals surface area contributed by atoms with Crippen LogP contribution in [0.4, 0.5) is 0 Å². The second-order valence-corrected chi connectivity index (χ2v) is 7.46. The van der Waals surface area contributed by atoms with Crippen molar-refractivity contribution in [2.45, 2.75) is 18.9 Å². The number of β-amino-alcohol motifs (C(OH)–C–C–N with tert-alkyl or cyclic N) is 1. The van der Waals surface area contributed by atoms with Gasteiger partial charge in [-0.1, -0.05) is 0 Å². The zero-order valence-corrected chi connectivity index (χ0v) is 15.2. The van der Waals surface area contributed by atoms with Gasteiger partial charge in [-0.15, -0.1) is 0 Å². The summed E-state index contributed by atoms with van der Waals surface area (Å²) in [5.74, 6) is 0.207. The fourth-order valence-corrected chi connectivity index (χ4v) is 3.89. The van der Waals surface area contributed by atoms with Crippen molar-refractivity contribution in [1.82, 2.24) is 19.6 Å². The van der Waals surface area contributed by atoms with Crippen LogP contribution in [-0.2, 0) is 14.3 Å². The Kier molecular flexibility index (Phi) is 5.93. The quantitative estimate of drug-likeness (QED) is 0.659. The molecule has 3 rings (SSSR count). The van der Waals surface area contributed by atoms with Crippen LogP contribution >= 0.6 is 0 Å². The standard InChI is InChI=1S/C17H30N4O4/c1-15(22)20-6-4-19(5-7-20)13-17(24)2-3-21(14-17)16(23)12-18-8-10-25-11-9-18/h24H,2-14H2,1H3. The highest BCUT2D eigenvalue weighted by molar-refractivity contribution is 5.78. The first-order valence-corrected chi connectivity index (χ1v) is 9.23. The summed E-state index contributed by atoms with van der Waals surface area (Å²) in [7, 11) is 0. The van der Waals surface area contributed by atoms with E-state index in [2.05, 4.69) is 9.80 Å². The normalized spacial score (nSPS) is 29.2. The van der Waals surface area contributed by atoms with Gasteiger partial charge in [0.15, 0.2) is 0 Å². The lowest BCUT2D eigenvalue weighted by Crippen LogP contribution is -2.54. The molecule has 3 fully saturated rings. The zero-order valence-electron chi connectivity index (χ0n) is 15.2. The number of likely N-dealkylation sites (tertiary alicyclic amines) is 1. The molecule has 142 valence electrons. The van der Waals surface area contributed by atoms with Gasteiger partial charge in [0.2, 0.25) is 11.8 Å². The summed E-state index contributed by atoms with van der Waals surface area (Å²) < 4.78 is 5.31. The molecule has 0 aromatic rings. The van der Waals surface area contributed by atoms with Crippen LogP contribution in [0.5, 0.6) is 0 Å². The van der Waals surface area contributed by atoms with Gasteiger partial charge in [0.05, 0.1) is 31.9 Å². The maximum atomic E-state index is 12.5. The monoisotopic (exact) mass is 354 g/mol. The third-order valence-corrected chi connectivity index (χ3v) is 5.48. The summed E-state index contributed by atoms with van der Waals surface area (Å²) >= 11 is 0. The molecule has 0 bridgehead atoms. The first kappa shape index (κ1) is 18.6. The molecule has 0 saturated carbocycles. The number of aliphatic hydroxyl groups is 1. The van der Waals surface area contributed by atoms with Crippen molar-refractivity contribution < 1.29 is 19.4 Å². The number of ether oxygens (including phenoxy) is 1. The van der Waals surface area contributed by atoms with Crippen molar-refractivity contribution in [3.63, 3.8) is 0 Å². The molecular weight excluding hydrogens is 324 g/mol. The molecule has 3 aliphatic rings. The van der Waals surface area contributed by atoms with E-state index >= 15 is 0 Å². The van der Waals surface area contributed by atoms with Crippen molar-refractivity contribution in [2.24, 2.45) is 0 Å². The Morgan fingerprint density at radius 1 is 0.960 bits per heavy atom. The largest absolute Gasteiger partial charge is 0.387 e. The van der Waals surface area contributed by atoms with Crippen molar-refractivity contribution >= 4 is 11.8 Å². The van der Waals surface area contributed by atoms with Gasteiger partial charge in [-0.05, 0) is 6.42 Å². The second-order valence-electron chi connectivity index (χ2n) is 7.46. The Bertz CT molecular complexity index is 489. The van der Waals surface area contributed by atoms with Crippen LogP contribution in [0.1, 0.15) is 13.3 Å². The summed E-state index contributed by atoms with van der Waals surface area (Å²) in [6.07, 6.45) is 0.620. The van der Waals surface area contributed by atoms with Gasteiger partial charge < -0.3 is 19.6 Å². The fourth-order valence-electron chi connectivity index (χ4n) is 3.89. The number of amides is 2. The van der Waals surface area contributed by atoms with Gasteiger partial charge in [-0.25, -0.2) is 0 Å². The maximum Gasteiger partial charge on any atom is 0.236 e. The van der Waals surface area contributed by atoms with Crippen LogP contribution in [0, 0.1) is 0 Å². The van der Waals surface area contributed by atoms with Crippen LogP contribution in [0.25, 0.3) is 0 Å². The molecule has 0 aromatic heterocycles. The van der Waals surface area contributed by atoms with E-state index in [0.717, 1.165) is 26.2 Å². The Morgan fingerprint density at radius 3 is 2.28 bits per heavy atom. The van der Waals surface area contributed by atoms with E-state index in [1.165, 1.54) is 0 Å². The van der Waals surface area contributed by atoms with E-state index in [4.69, 9.17) is 4.74 Å². The predicted molar refractivity (Wildman–Crippen MR) is 92.1 cm³/mol. The molecule has 25 heavy (non-hydrogen) atoms. The lowest BCUT2D eigenvalue weighted by Gasteiger charge is -2.38. The van der Waals surface area contributed by atoms with E-state index in [0.29, 0.717) is 58.9 Å². The van der Waals surface area contributed by atoms with E-state index in [-0.39, 0.29) is 11.8 Å². The topological polar surface area (TPSA) is 76.6 Å². The molecule has 3 heterocycles. The Balaban J connectivity index is 1.44. The van der Waals surface area contributed by atoms with Crippen LogP contribution < -0.4 is 0 Å². The number of nitrogens with zero attached hydrogens (tertiary/aromatic N) is 4. The molecule has 8 nitrogen and oxygen atoms in total. The SMILES string of the molecule is CC(=O)N1CCN(CC2(O)CCN(C(=O)CN3CCOCC3)C2)CC1. The van der Waals surface area contributed by atoms with Crippen molar-refractivity contribution in [3.05, 3.63) is 0 Å². The Hall–Kier alpha value is -1.22. The molecule has 1 unspecified atom stereocenters. The molecule has 3 saturated heterocycles. The van der Waals surface area contributed by atoms with Gasteiger partial charge in [0.1, 0.15) is 0 Å². The first-order valence-electron chi connectivity index (χ1n) is 9.23. The lowest BCUT2D eigenvalue weighted by molar-refractivity contribution is -0.134. The van der Waals surface area contributed by atoms with Gasteiger partial charge >= 0.3 is 0 Å². The van der Waals surface area contributed by atoms with Crippen molar-refractivity contribution in [3.8, 4) is 0 Å². The molecular formula is C17H30N4O4. The molecule has 8 heteroatoms. The van der Waals surface area contributed by atoms with Gasteiger partial charge in [0, 0.05) is 59.3 Å². The number of hydrogen-bond donors (Lipinski definition) is 1. The average Bonchev–Trinajstić information content (AvgIpc) is 2.98. The summed E-state index contributed by atoms with van der Waals surface area (Å²) in [4.78, 5) is 31.8. The number of rotatable bonds is 4. The second kappa shape index (κ2) is 7.99. The highest BCUT2D eigenvalue weighted by Crippen LogP contribution is 2.23. The zero-order chi connectivity index (χ0) is 17.9. The van der Waals surface area contributed by atoms with Crippen LogP contribution in [0.3, 0.4) is 0 Å². The Labute approximate surface area is 149 Å².